The molecule has 0 amide bonds. The molecule has 22 heavy (non-hydrogen) atoms. The van der Waals surface area contributed by atoms with E-state index in [9.17, 15) is 0 Å². The molecule has 1 aromatic rings. The molecular formula is C20H24O2. The fraction of sp³-hybridized carbons (Fsp3) is 0.400. The lowest BCUT2D eigenvalue weighted by Gasteiger charge is -2.27. The minimum Gasteiger partial charge on any atom is -0.457 e. The van der Waals surface area contributed by atoms with Crippen molar-refractivity contribution in [2.45, 2.75) is 46.0 Å². The Kier molecular flexibility index (Phi) is 4.49. The summed E-state index contributed by atoms with van der Waals surface area (Å²) in [5.74, 6) is 2.10. The third kappa shape index (κ3) is 2.89. The third-order valence-corrected chi connectivity index (χ3v) is 4.42. The maximum absolute atomic E-state index is 8.97. The molecule has 0 spiro atoms. The van der Waals surface area contributed by atoms with Gasteiger partial charge in [-0.1, -0.05) is 38.1 Å². The first kappa shape index (κ1) is 15.1. The summed E-state index contributed by atoms with van der Waals surface area (Å²) >= 11 is 0. The van der Waals surface area contributed by atoms with Crippen molar-refractivity contribution in [2.75, 3.05) is 6.61 Å². The largest absolute Gasteiger partial charge is 0.457 e. The molecule has 1 aromatic carbocycles. The predicted molar refractivity (Wildman–Crippen MR) is 90.1 cm³/mol. The first-order valence-electron chi connectivity index (χ1n) is 8.28. The fourth-order valence-electron chi connectivity index (χ4n) is 3.20. The Morgan fingerprint density at radius 2 is 2.09 bits per heavy atom. The topological polar surface area (TPSA) is 29.5 Å². The van der Waals surface area contributed by atoms with Crippen LogP contribution in [0.25, 0.3) is 0 Å². The van der Waals surface area contributed by atoms with Gasteiger partial charge in [0.25, 0.3) is 0 Å². The van der Waals surface area contributed by atoms with Gasteiger partial charge in [0.1, 0.15) is 11.5 Å². The molecule has 2 aliphatic rings. The van der Waals surface area contributed by atoms with Gasteiger partial charge in [-0.25, -0.2) is 0 Å². The number of aliphatic hydroxyl groups excluding tert-OH is 1. The number of benzene rings is 1. The van der Waals surface area contributed by atoms with Crippen molar-refractivity contribution in [2.24, 2.45) is 0 Å². The Balaban J connectivity index is 1.96. The molecule has 1 heterocycles. The molecule has 0 unspecified atom stereocenters. The van der Waals surface area contributed by atoms with Crippen molar-refractivity contribution in [1.82, 2.24) is 0 Å². The molecule has 2 nitrogen and oxygen atoms in total. The van der Waals surface area contributed by atoms with Crippen LogP contribution in [0, 0.1) is 0 Å². The van der Waals surface area contributed by atoms with Crippen LogP contribution in [0.5, 0.6) is 5.75 Å². The standard InChI is InChI=1S/C20H24O2/c1-3-14-10-16(4-2)20-18(11-14)13-17-12-15(6-5-9-21)7-8-19(17)22-20/h6,8,10-12,21H,3-5,7,9,13H2,1-2H3. The summed E-state index contributed by atoms with van der Waals surface area (Å²) in [6.07, 6.45) is 11.2. The summed E-state index contributed by atoms with van der Waals surface area (Å²) in [4.78, 5) is 0. The minimum absolute atomic E-state index is 0.211. The molecule has 0 atom stereocenters. The van der Waals surface area contributed by atoms with Gasteiger partial charge in [-0.15, -0.1) is 0 Å². The zero-order valence-electron chi connectivity index (χ0n) is 13.5. The molecule has 0 aromatic heterocycles. The number of aryl methyl sites for hydroxylation is 2. The van der Waals surface area contributed by atoms with Gasteiger partial charge in [0.2, 0.25) is 0 Å². The molecule has 116 valence electrons. The van der Waals surface area contributed by atoms with Crippen LogP contribution in [0.2, 0.25) is 0 Å². The van der Waals surface area contributed by atoms with E-state index >= 15 is 0 Å². The molecule has 1 N–H and O–H groups in total. The van der Waals surface area contributed by atoms with E-state index in [0.717, 1.165) is 43.6 Å². The van der Waals surface area contributed by atoms with Gasteiger partial charge in [0, 0.05) is 13.0 Å². The van der Waals surface area contributed by atoms with Crippen molar-refractivity contribution >= 4 is 0 Å². The van der Waals surface area contributed by atoms with Crippen LogP contribution in [0.15, 0.2) is 47.3 Å². The predicted octanol–water partition coefficient (Wildman–Crippen LogP) is 4.27. The lowest BCUT2D eigenvalue weighted by molar-refractivity contribution is 0.302. The summed E-state index contributed by atoms with van der Waals surface area (Å²) in [6, 6.07) is 4.57. The molecule has 1 aliphatic carbocycles. The first-order valence-corrected chi connectivity index (χ1v) is 8.28. The van der Waals surface area contributed by atoms with Crippen LogP contribution in [0.3, 0.4) is 0 Å². The summed E-state index contributed by atoms with van der Waals surface area (Å²) in [5, 5.41) is 8.97. The third-order valence-electron chi connectivity index (χ3n) is 4.42. The Morgan fingerprint density at radius 3 is 2.82 bits per heavy atom. The van der Waals surface area contributed by atoms with E-state index in [4.69, 9.17) is 9.84 Å². The summed E-state index contributed by atoms with van der Waals surface area (Å²) in [6.45, 7) is 4.60. The Hall–Kier alpha value is -1.80. The van der Waals surface area contributed by atoms with E-state index in [0.29, 0.717) is 0 Å². The Labute approximate surface area is 132 Å². The van der Waals surface area contributed by atoms with E-state index < -0.39 is 0 Å². The lowest BCUT2D eigenvalue weighted by Crippen LogP contribution is -2.15. The van der Waals surface area contributed by atoms with Crippen LogP contribution in [0.1, 0.15) is 43.4 Å². The number of rotatable bonds is 4. The van der Waals surface area contributed by atoms with Crippen LogP contribution in [0.4, 0.5) is 0 Å². The number of hydrogen-bond acceptors (Lipinski definition) is 2. The molecule has 1 aliphatic heterocycles. The van der Waals surface area contributed by atoms with Gasteiger partial charge < -0.3 is 9.84 Å². The van der Waals surface area contributed by atoms with Crippen LogP contribution in [-0.4, -0.2) is 11.7 Å². The average molecular weight is 296 g/mol. The highest BCUT2D eigenvalue weighted by atomic mass is 16.5. The second-order valence-electron chi connectivity index (χ2n) is 5.96. The van der Waals surface area contributed by atoms with E-state index in [1.807, 2.05) is 0 Å². The van der Waals surface area contributed by atoms with Gasteiger partial charge >= 0.3 is 0 Å². The van der Waals surface area contributed by atoms with E-state index in [-0.39, 0.29) is 6.61 Å². The van der Waals surface area contributed by atoms with Gasteiger partial charge in [-0.05, 0) is 59.6 Å². The Morgan fingerprint density at radius 1 is 1.23 bits per heavy atom. The molecule has 2 heteroatoms. The number of aliphatic hydroxyl groups is 1. The second kappa shape index (κ2) is 6.53. The van der Waals surface area contributed by atoms with Gasteiger partial charge in [-0.3, -0.25) is 0 Å². The minimum atomic E-state index is 0.211. The molecule has 0 saturated carbocycles. The molecule has 0 bridgehead atoms. The maximum Gasteiger partial charge on any atom is 0.134 e. The maximum atomic E-state index is 8.97. The van der Waals surface area contributed by atoms with E-state index in [2.05, 4.69) is 44.2 Å². The fourth-order valence-corrected chi connectivity index (χ4v) is 3.20. The van der Waals surface area contributed by atoms with Crippen molar-refractivity contribution in [3.63, 3.8) is 0 Å². The van der Waals surface area contributed by atoms with E-state index in [1.54, 1.807) is 0 Å². The molecule has 3 rings (SSSR count). The number of allylic oxidation sites excluding steroid dienone is 4. The second-order valence-corrected chi connectivity index (χ2v) is 5.96. The SMILES string of the molecule is CCc1cc(CC)c2c(c1)CC1=CC(=CCCO)CC=C1O2. The van der Waals surface area contributed by atoms with Gasteiger partial charge in [-0.2, -0.15) is 0 Å². The highest BCUT2D eigenvalue weighted by Crippen LogP contribution is 2.39. The van der Waals surface area contributed by atoms with Gasteiger partial charge in [0.05, 0.1) is 0 Å². The summed E-state index contributed by atoms with van der Waals surface area (Å²) in [5.41, 5.74) is 6.55. The number of ether oxygens (including phenoxy) is 1. The van der Waals surface area contributed by atoms with Crippen molar-refractivity contribution in [1.29, 1.82) is 0 Å². The summed E-state index contributed by atoms with van der Waals surface area (Å²) in [7, 11) is 0. The Bertz CT molecular complexity index is 663. The average Bonchev–Trinajstić information content (AvgIpc) is 2.56. The zero-order valence-corrected chi connectivity index (χ0v) is 13.5. The van der Waals surface area contributed by atoms with Crippen LogP contribution in [-0.2, 0) is 19.3 Å². The quantitative estimate of drug-likeness (QED) is 0.899. The molecule has 0 radical (unpaired) electrons. The van der Waals surface area contributed by atoms with E-state index in [1.165, 1.54) is 27.8 Å². The lowest BCUT2D eigenvalue weighted by atomic mass is 9.89. The smallest absolute Gasteiger partial charge is 0.134 e. The normalized spacial score (nSPS) is 18.2. The van der Waals surface area contributed by atoms with Crippen molar-refractivity contribution < 1.29 is 9.84 Å². The number of hydrogen-bond donors (Lipinski definition) is 1. The highest BCUT2D eigenvalue weighted by Gasteiger charge is 2.24. The van der Waals surface area contributed by atoms with Crippen LogP contribution >= 0.6 is 0 Å². The number of fused-ring (bicyclic) bond motifs is 2. The molecular weight excluding hydrogens is 272 g/mol. The first-order chi connectivity index (χ1) is 10.7. The van der Waals surface area contributed by atoms with Crippen molar-refractivity contribution in [3.8, 4) is 5.75 Å². The molecule has 0 saturated heterocycles. The van der Waals surface area contributed by atoms with Crippen LogP contribution < -0.4 is 4.74 Å². The van der Waals surface area contributed by atoms with Gasteiger partial charge in [0.15, 0.2) is 0 Å². The summed E-state index contributed by atoms with van der Waals surface area (Å²) < 4.78 is 6.23. The molecule has 0 fully saturated rings. The zero-order chi connectivity index (χ0) is 15.5. The highest BCUT2D eigenvalue weighted by molar-refractivity contribution is 5.55. The van der Waals surface area contributed by atoms with Crippen molar-refractivity contribution in [3.05, 3.63) is 64.0 Å². The monoisotopic (exact) mass is 296 g/mol.